The van der Waals surface area contributed by atoms with Crippen molar-refractivity contribution < 1.29 is 4.74 Å². The highest BCUT2D eigenvalue weighted by molar-refractivity contribution is 5.59. The summed E-state index contributed by atoms with van der Waals surface area (Å²) in [5.74, 6) is 0.663. The molecule has 1 fully saturated rings. The molecule has 2 aromatic heterocycles. The molecule has 27 heavy (non-hydrogen) atoms. The van der Waals surface area contributed by atoms with Crippen molar-refractivity contribution in [1.82, 2.24) is 14.5 Å². The van der Waals surface area contributed by atoms with Crippen molar-refractivity contribution in [2.24, 2.45) is 7.05 Å². The summed E-state index contributed by atoms with van der Waals surface area (Å²) in [6.07, 6.45) is 3.37. The van der Waals surface area contributed by atoms with Crippen LogP contribution in [0, 0.1) is 6.92 Å². The van der Waals surface area contributed by atoms with Gasteiger partial charge in [0.15, 0.2) is 0 Å². The second-order valence-electron chi connectivity index (χ2n) is 6.74. The van der Waals surface area contributed by atoms with E-state index in [1.165, 1.54) is 11.1 Å². The van der Waals surface area contributed by atoms with Gasteiger partial charge in [-0.3, -0.25) is 14.3 Å². The molecule has 0 aliphatic carbocycles. The lowest BCUT2D eigenvalue weighted by atomic mass is 10.0. The van der Waals surface area contributed by atoms with Crippen molar-refractivity contribution in [3.05, 3.63) is 76.3 Å². The van der Waals surface area contributed by atoms with Gasteiger partial charge in [-0.2, -0.15) is 0 Å². The summed E-state index contributed by atoms with van der Waals surface area (Å²) in [6.45, 7) is 4.04. The van der Waals surface area contributed by atoms with E-state index in [4.69, 9.17) is 9.72 Å². The molecule has 0 saturated carbocycles. The van der Waals surface area contributed by atoms with E-state index in [0.29, 0.717) is 31.3 Å². The lowest BCUT2D eigenvalue weighted by Crippen LogP contribution is -2.41. The average Bonchev–Trinajstić information content (AvgIpc) is 2.71. The molecule has 0 amide bonds. The van der Waals surface area contributed by atoms with Crippen molar-refractivity contribution in [3.8, 4) is 11.3 Å². The van der Waals surface area contributed by atoms with Crippen molar-refractivity contribution in [1.29, 1.82) is 0 Å². The smallest absolute Gasteiger partial charge is 0.255 e. The number of hydrogen-bond acceptors (Lipinski definition) is 5. The van der Waals surface area contributed by atoms with E-state index in [2.05, 4.69) is 28.9 Å². The highest BCUT2D eigenvalue weighted by Crippen LogP contribution is 2.27. The van der Waals surface area contributed by atoms with E-state index in [0.717, 1.165) is 5.56 Å². The number of pyridine rings is 1. The van der Waals surface area contributed by atoms with E-state index in [1.807, 2.05) is 24.3 Å². The molecule has 1 atom stereocenters. The van der Waals surface area contributed by atoms with Gasteiger partial charge in [0.05, 0.1) is 18.8 Å². The SMILES string of the molecule is Cc1ccccc1C1CN(c2nc(-c3ccncc3)cc(=O)n2C)CCO1. The molecular formula is C21H22N4O2. The number of hydrogen-bond donors (Lipinski definition) is 0. The molecule has 6 nitrogen and oxygen atoms in total. The van der Waals surface area contributed by atoms with Crippen molar-refractivity contribution in [2.75, 3.05) is 24.6 Å². The molecule has 0 bridgehead atoms. The van der Waals surface area contributed by atoms with Gasteiger partial charge in [-0.05, 0) is 30.2 Å². The van der Waals surface area contributed by atoms with Crippen LogP contribution in [0.25, 0.3) is 11.3 Å². The summed E-state index contributed by atoms with van der Waals surface area (Å²) >= 11 is 0. The number of benzene rings is 1. The summed E-state index contributed by atoms with van der Waals surface area (Å²) in [6, 6.07) is 13.5. The van der Waals surface area contributed by atoms with Gasteiger partial charge >= 0.3 is 0 Å². The number of anilines is 1. The minimum atomic E-state index is -0.0780. The maximum Gasteiger partial charge on any atom is 0.255 e. The number of rotatable bonds is 3. The molecule has 1 aliphatic heterocycles. The number of aromatic nitrogens is 3. The molecule has 4 rings (SSSR count). The van der Waals surface area contributed by atoms with Crippen molar-refractivity contribution in [2.45, 2.75) is 13.0 Å². The topological polar surface area (TPSA) is 60.2 Å². The predicted octanol–water partition coefficient (Wildman–Crippen LogP) is 2.73. The van der Waals surface area contributed by atoms with Crippen LogP contribution in [0.1, 0.15) is 17.2 Å². The Balaban J connectivity index is 1.69. The zero-order chi connectivity index (χ0) is 18.8. The first-order chi connectivity index (χ1) is 13.1. The molecule has 6 heteroatoms. The number of morpholine rings is 1. The van der Waals surface area contributed by atoms with E-state index in [1.54, 1.807) is 30.1 Å². The zero-order valence-electron chi connectivity index (χ0n) is 15.5. The van der Waals surface area contributed by atoms with Crippen LogP contribution >= 0.6 is 0 Å². The standard InChI is InChI=1S/C21H22N4O2/c1-15-5-3-4-6-17(15)19-14-25(11-12-27-19)21-23-18(13-20(26)24(21)2)16-7-9-22-10-8-16/h3-10,13,19H,11-12,14H2,1-2H3. The third-order valence-corrected chi connectivity index (χ3v) is 4.97. The average molecular weight is 362 g/mol. The third kappa shape index (κ3) is 3.48. The van der Waals surface area contributed by atoms with Gasteiger partial charge < -0.3 is 9.64 Å². The fourth-order valence-electron chi connectivity index (χ4n) is 3.45. The molecule has 0 spiro atoms. The summed E-state index contributed by atoms with van der Waals surface area (Å²) in [5.41, 5.74) is 3.85. The highest BCUT2D eigenvalue weighted by atomic mass is 16.5. The maximum atomic E-state index is 12.5. The lowest BCUT2D eigenvalue weighted by molar-refractivity contribution is 0.0386. The van der Waals surface area contributed by atoms with Gasteiger partial charge in [0.25, 0.3) is 5.56 Å². The Kier molecular flexibility index (Phi) is 4.73. The molecule has 0 radical (unpaired) electrons. The number of aryl methyl sites for hydroxylation is 1. The van der Waals surface area contributed by atoms with Crippen LogP contribution < -0.4 is 10.5 Å². The molecule has 3 heterocycles. The quantitative estimate of drug-likeness (QED) is 0.717. The number of nitrogens with zero attached hydrogens (tertiary/aromatic N) is 4. The Hall–Kier alpha value is -2.99. The Bertz CT molecular complexity index is 1000. The van der Waals surface area contributed by atoms with Crippen LogP contribution in [0.3, 0.4) is 0 Å². The minimum absolute atomic E-state index is 0.0403. The van der Waals surface area contributed by atoms with E-state index >= 15 is 0 Å². The molecule has 1 aliphatic rings. The minimum Gasteiger partial charge on any atom is -0.370 e. The van der Waals surface area contributed by atoms with Crippen LogP contribution in [0.2, 0.25) is 0 Å². The Labute approximate surface area is 158 Å². The molecular weight excluding hydrogens is 340 g/mol. The lowest BCUT2D eigenvalue weighted by Gasteiger charge is -2.35. The van der Waals surface area contributed by atoms with Crippen molar-refractivity contribution in [3.63, 3.8) is 0 Å². The highest BCUT2D eigenvalue weighted by Gasteiger charge is 2.26. The fourth-order valence-corrected chi connectivity index (χ4v) is 3.45. The molecule has 0 N–H and O–H groups in total. The van der Waals surface area contributed by atoms with Gasteiger partial charge in [0.2, 0.25) is 5.95 Å². The summed E-state index contributed by atoms with van der Waals surface area (Å²) in [4.78, 5) is 23.5. The first-order valence-corrected chi connectivity index (χ1v) is 9.04. The van der Waals surface area contributed by atoms with Gasteiger partial charge in [0, 0.05) is 37.6 Å². The summed E-state index contributed by atoms with van der Waals surface area (Å²) < 4.78 is 7.62. The van der Waals surface area contributed by atoms with E-state index in [9.17, 15) is 4.79 Å². The molecule has 1 aromatic carbocycles. The maximum absolute atomic E-state index is 12.5. The normalized spacial score (nSPS) is 17.1. The predicted molar refractivity (Wildman–Crippen MR) is 105 cm³/mol. The molecule has 138 valence electrons. The Morgan fingerprint density at radius 1 is 1.15 bits per heavy atom. The van der Waals surface area contributed by atoms with E-state index < -0.39 is 0 Å². The first kappa shape index (κ1) is 17.4. The largest absolute Gasteiger partial charge is 0.370 e. The second kappa shape index (κ2) is 7.32. The van der Waals surface area contributed by atoms with Crippen LogP contribution in [0.4, 0.5) is 5.95 Å². The van der Waals surface area contributed by atoms with E-state index in [-0.39, 0.29) is 11.7 Å². The van der Waals surface area contributed by atoms with Gasteiger partial charge in [-0.15, -0.1) is 0 Å². The third-order valence-electron chi connectivity index (χ3n) is 4.97. The Morgan fingerprint density at radius 3 is 2.70 bits per heavy atom. The zero-order valence-corrected chi connectivity index (χ0v) is 15.5. The van der Waals surface area contributed by atoms with Crippen LogP contribution in [-0.4, -0.2) is 34.2 Å². The van der Waals surface area contributed by atoms with Crippen LogP contribution in [-0.2, 0) is 11.8 Å². The molecule has 1 unspecified atom stereocenters. The first-order valence-electron chi connectivity index (χ1n) is 9.04. The van der Waals surface area contributed by atoms with Crippen LogP contribution in [0.5, 0.6) is 0 Å². The van der Waals surface area contributed by atoms with Gasteiger partial charge in [-0.25, -0.2) is 4.98 Å². The fraction of sp³-hybridized carbons (Fsp3) is 0.286. The van der Waals surface area contributed by atoms with Crippen LogP contribution in [0.15, 0.2) is 59.7 Å². The molecule has 1 saturated heterocycles. The number of ether oxygens (including phenoxy) is 1. The summed E-state index contributed by atoms with van der Waals surface area (Å²) in [5, 5.41) is 0. The van der Waals surface area contributed by atoms with Gasteiger partial charge in [0.1, 0.15) is 6.10 Å². The Morgan fingerprint density at radius 2 is 1.93 bits per heavy atom. The molecule has 3 aromatic rings. The monoisotopic (exact) mass is 362 g/mol. The second-order valence-corrected chi connectivity index (χ2v) is 6.74. The summed E-state index contributed by atoms with van der Waals surface area (Å²) in [7, 11) is 1.76. The van der Waals surface area contributed by atoms with Crippen molar-refractivity contribution >= 4 is 5.95 Å². The van der Waals surface area contributed by atoms with Gasteiger partial charge in [-0.1, -0.05) is 24.3 Å².